The van der Waals surface area contributed by atoms with Crippen molar-refractivity contribution in [2.75, 3.05) is 20.8 Å². The summed E-state index contributed by atoms with van der Waals surface area (Å²) in [7, 11) is 3.01. The average molecular weight is 579 g/mol. The monoisotopic (exact) mass is 578 g/mol. The number of methoxy groups -OCH3 is 2. The molecule has 0 amide bonds. The van der Waals surface area contributed by atoms with Crippen LogP contribution in [0.5, 0.6) is 11.5 Å². The first-order valence-corrected chi connectivity index (χ1v) is 13.2. The summed E-state index contributed by atoms with van der Waals surface area (Å²) < 4.78 is 22.7. The summed E-state index contributed by atoms with van der Waals surface area (Å²) >= 11 is 0. The van der Waals surface area contributed by atoms with Gasteiger partial charge >= 0.3 is 5.97 Å². The molecule has 0 radical (unpaired) electrons. The highest BCUT2D eigenvalue weighted by atomic mass is 16.6. The van der Waals surface area contributed by atoms with E-state index < -0.39 is 27.8 Å². The summed E-state index contributed by atoms with van der Waals surface area (Å²) in [6, 6.07) is 23.4. The molecule has 3 aromatic carbocycles. The molecule has 5 rings (SSSR count). The lowest BCUT2D eigenvalue weighted by Crippen LogP contribution is -2.52. The van der Waals surface area contributed by atoms with Gasteiger partial charge in [0, 0.05) is 29.2 Å². The number of allylic oxidation sites excluding steroid dienone is 1. The standard InChI is InChI=1S/C32H26N4O7/c1-4-42-30(37)31(18-34)27(20-7-13-23(40-2)14-8-20)26(19-5-11-22(12-6-19)36(38)39)28-25(17-33)29(35)43-32(28,31)21-9-15-24(41-3)16-10-21/h5-16,27H,4,35H2,1-3H3/t27-,31-,32+/m1/s1. The molecule has 1 aliphatic heterocycles. The number of benzene rings is 3. The molecule has 2 aliphatic rings. The molecule has 11 nitrogen and oxygen atoms in total. The first-order valence-electron chi connectivity index (χ1n) is 13.2. The number of carbonyl (C=O) groups excluding carboxylic acids is 1. The van der Waals surface area contributed by atoms with E-state index in [1.54, 1.807) is 55.5 Å². The van der Waals surface area contributed by atoms with Gasteiger partial charge < -0.3 is 24.7 Å². The summed E-state index contributed by atoms with van der Waals surface area (Å²) in [6.07, 6.45) is 0. The Kier molecular flexibility index (Phi) is 7.26. The maximum atomic E-state index is 14.3. The predicted octanol–water partition coefficient (Wildman–Crippen LogP) is 4.86. The quantitative estimate of drug-likeness (QED) is 0.221. The van der Waals surface area contributed by atoms with Gasteiger partial charge in [-0.1, -0.05) is 24.3 Å². The van der Waals surface area contributed by atoms with Crippen LogP contribution in [-0.2, 0) is 19.9 Å². The summed E-state index contributed by atoms with van der Waals surface area (Å²) in [6.45, 7) is 1.57. The topological polar surface area (TPSA) is 171 Å². The van der Waals surface area contributed by atoms with E-state index in [1.807, 2.05) is 0 Å². The van der Waals surface area contributed by atoms with Gasteiger partial charge in [0.1, 0.15) is 23.1 Å². The van der Waals surface area contributed by atoms with Crippen LogP contribution in [-0.4, -0.2) is 31.7 Å². The number of ether oxygens (including phenoxy) is 4. The van der Waals surface area contributed by atoms with Crippen molar-refractivity contribution in [2.24, 2.45) is 11.1 Å². The Morgan fingerprint density at radius 2 is 1.58 bits per heavy atom. The van der Waals surface area contributed by atoms with Crippen LogP contribution in [0.2, 0.25) is 0 Å². The van der Waals surface area contributed by atoms with Crippen LogP contribution in [0.25, 0.3) is 5.57 Å². The van der Waals surface area contributed by atoms with Gasteiger partial charge in [-0.3, -0.25) is 14.9 Å². The second-order valence-corrected chi connectivity index (χ2v) is 9.80. The SMILES string of the molecule is CCOC(=O)[C@@]1(C#N)[C@H](c2ccc(OC)cc2)C(c2ccc([N+](=O)[O-])cc2)=C2C(C#N)=C(N)O[C@@]21c1ccc(OC)cc1. The van der Waals surface area contributed by atoms with Crippen molar-refractivity contribution in [3.63, 3.8) is 0 Å². The molecular formula is C32H26N4O7. The molecule has 11 heteroatoms. The Bertz CT molecular complexity index is 1750. The van der Waals surface area contributed by atoms with Crippen molar-refractivity contribution in [1.82, 2.24) is 0 Å². The number of nitrogens with zero attached hydrogens (tertiary/aromatic N) is 3. The Labute approximate surface area is 247 Å². The highest BCUT2D eigenvalue weighted by Crippen LogP contribution is 2.70. The zero-order valence-electron chi connectivity index (χ0n) is 23.5. The lowest BCUT2D eigenvalue weighted by Gasteiger charge is -2.41. The van der Waals surface area contributed by atoms with Gasteiger partial charge in [0.2, 0.25) is 11.3 Å². The van der Waals surface area contributed by atoms with Crippen LogP contribution < -0.4 is 15.2 Å². The van der Waals surface area contributed by atoms with E-state index in [4.69, 9.17) is 24.7 Å². The Balaban J connectivity index is 1.97. The molecule has 0 spiro atoms. The molecule has 1 aliphatic carbocycles. The van der Waals surface area contributed by atoms with Gasteiger partial charge in [0.25, 0.3) is 5.69 Å². The Morgan fingerprint density at radius 3 is 2.07 bits per heavy atom. The minimum Gasteiger partial charge on any atom is -0.497 e. The number of esters is 1. The third-order valence-electron chi connectivity index (χ3n) is 7.88. The van der Waals surface area contributed by atoms with Crippen LogP contribution in [0.1, 0.15) is 29.5 Å². The van der Waals surface area contributed by atoms with E-state index in [9.17, 15) is 25.4 Å². The number of hydrogen-bond donors (Lipinski definition) is 1. The molecule has 0 unspecified atom stereocenters. The van der Waals surface area contributed by atoms with Crippen molar-refractivity contribution < 1.29 is 28.7 Å². The van der Waals surface area contributed by atoms with Gasteiger partial charge in [-0.2, -0.15) is 10.5 Å². The zero-order chi connectivity index (χ0) is 30.9. The molecule has 216 valence electrons. The van der Waals surface area contributed by atoms with Crippen LogP contribution in [0, 0.1) is 38.2 Å². The molecule has 3 atom stereocenters. The van der Waals surface area contributed by atoms with Crippen LogP contribution in [0.15, 0.2) is 89.8 Å². The summed E-state index contributed by atoms with van der Waals surface area (Å²) in [5.41, 5.74) is 3.85. The molecule has 0 saturated heterocycles. The highest BCUT2D eigenvalue weighted by Gasteiger charge is 2.76. The highest BCUT2D eigenvalue weighted by molar-refractivity contribution is 5.98. The third kappa shape index (κ3) is 4.05. The van der Waals surface area contributed by atoms with Gasteiger partial charge in [-0.05, 0) is 60.0 Å². The number of nitro benzene ring substituents is 1. The molecule has 0 bridgehead atoms. The van der Waals surface area contributed by atoms with Gasteiger partial charge in [0.15, 0.2) is 5.60 Å². The number of nitriles is 2. The molecular weight excluding hydrogens is 552 g/mol. The second-order valence-electron chi connectivity index (χ2n) is 9.80. The van der Waals surface area contributed by atoms with E-state index in [0.29, 0.717) is 33.8 Å². The number of hydrogen-bond acceptors (Lipinski definition) is 10. The van der Waals surface area contributed by atoms with E-state index in [1.165, 1.54) is 38.5 Å². The second kappa shape index (κ2) is 10.9. The van der Waals surface area contributed by atoms with E-state index >= 15 is 0 Å². The predicted molar refractivity (Wildman–Crippen MR) is 153 cm³/mol. The van der Waals surface area contributed by atoms with Crippen molar-refractivity contribution in [3.05, 3.63) is 117 Å². The van der Waals surface area contributed by atoms with Crippen molar-refractivity contribution in [3.8, 4) is 23.6 Å². The van der Waals surface area contributed by atoms with Gasteiger partial charge in [0.05, 0.1) is 31.8 Å². The Hall–Kier alpha value is -5.81. The fourth-order valence-corrected chi connectivity index (χ4v) is 6.08. The summed E-state index contributed by atoms with van der Waals surface area (Å²) in [4.78, 5) is 25.3. The number of nitro groups is 1. The third-order valence-corrected chi connectivity index (χ3v) is 7.88. The average Bonchev–Trinajstić information content (AvgIpc) is 3.47. The van der Waals surface area contributed by atoms with Crippen LogP contribution in [0.4, 0.5) is 5.69 Å². The van der Waals surface area contributed by atoms with Gasteiger partial charge in [-0.15, -0.1) is 0 Å². The smallest absolute Gasteiger partial charge is 0.332 e. The number of carbonyl (C=O) groups is 1. The normalized spacial score (nSPS) is 22.2. The minimum atomic E-state index is -2.16. The Morgan fingerprint density at radius 1 is 1.00 bits per heavy atom. The fourth-order valence-electron chi connectivity index (χ4n) is 6.08. The van der Waals surface area contributed by atoms with Crippen LogP contribution >= 0.6 is 0 Å². The maximum Gasteiger partial charge on any atom is 0.332 e. The number of rotatable bonds is 8. The number of fused-ring (bicyclic) bond motifs is 1. The number of non-ortho nitro benzene ring substituents is 1. The minimum absolute atomic E-state index is 0.0491. The lowest BCUT2D eigenvalue weighted by molar-refractivity contribution is -0.384. The first kappa shape index (κ1) is 28.7. The number of nitrogens with two attached hydrogens (primary N) is 1. The molecule has 0 aromatic heterocycles. The lowest BCUT2D eigenvalue weighted by atomic mass is 9.62. The van der Waals surface area contributed by atoms with Crippen molar-refractivity contribution >= 4 is 17.2 Å². The van der Waals surface area contributed by atoms with Gasteiger partial charge in [-0.25, -0.2) is 0 Å². The van der Waals surface area contributed by atoms with Crippen LogP contribution in [0.3, 0.4) is 0 Å². The largest absolute Gasteiger partial charge is 0.497 e. The summed E-state index contributed by atoms with van der Waals surface area (Å²) in [5, 5.41) is 33.1. The molecule has 3 aromatic rings. The molecule has 0 fully saturated rings. The van der Waals surface area contributed by atoms with Crippen molar-refractivity contribution in [1.29, 1.82) is 10.5 Å². The van der Waals surface area contributed by atoms with Crippen molar-refractivity contribution in [2.45, 2.75) is 18.4 Å². The molecule has 43 heavy (non-hydrogen) atoms. The summed E-state index contributed by atoms with van der Waals surface area (Å²) in [5.74, 6) is -1.21. The van der Waals surface area contributed by atoms with E-state index in [2.05, 4.69) is 12.1 Å². The van der Waals surface area contributed by atoms with E-state index in [0.717, 1.165) is 0 Å². The molecule has 1 heterocycles. The molecule has 2 N–H and O–H groups in total. The zero-order valence-corrected chi connectivity index (χ0v) is 23.5. The molecule has 0 saturated carbocycles. The van der Waals surface area contributed by atoms with E-state index in [-0.39, 0.29) is 29.3 Å². The maximum absolute atomic E-state index is 14.3. The fraction of sp³-hybridized carbons (Fsp3) is 0.219. The first-order chi connectivity index (χ1) is 20.7.